The summed E-state index contributed by atoms with van der Waals surface area (Å²) in [7, 11) is 1.69. The van der Waals surface area contributed by atoms with Crippen molar-refractivity contribution in [2.75, 3.05) is 13.6 Å². The molecule has 1 aromatic heterocycles. The van der Waals surface area contributed by atoms with Gasteiger partial charge in [-0.1, -0.05) is 6.92 Å². The molecule has 2 N–H and O–H groups in total. The lowest BCUT2D eigenvalue weighted by atomic mass is 9.91. The minimum absolute atomic E-state index is 0.104. The van der Waals surface area contributed by atoms with E-state index in [4.69, 9.17) is 0 Å². The van der Waals surface area contributed by atoms with E-state index in [9.17, 15) is 4.79 Å². The first-order valence-electron chi connectivity index (χ1n) is 7.37. The lowest BCUT2D eigenvalue weighted by molar-refractivity contribution is -0.120. The Morgan fingerprint density at radius 3 is 3.05 bits per heavy atom. The summed E-state index contributed by atoms with van der Waals surface area (Å²) in [5, 5.41) is 6.29. The van der Waals surface area contributed by atoms with E-state index in [1.807, 2.05) is 0 Å². The lowest BCUT2D eigenvalue weighted by Gasteiger charge is -2.23. The molecule has 1 atom stereocenters. The number of carbonyl (C=O) groups is 1. The number of rotatable bonds is 6. The number of nitrogens with one attached hydrogen (secondary N) is 2. The smallest absolute Gasteiger partial charge is 0.221 e. The number of amides is 1. The van der Waals surface area contributed by atoms with Gasteiger partial charge in [0, 0.05) is 38.4 Å². The monoisotopic (exact) mass is 263 g/mol. The van der Waals surface area contributed by atoms with Crippen LogP contribution in [-0.2, 0) is 17.8 Å². The molecule has 106 valence electrons. The van der Waals surface area contributed by atoms with Gasteiger partial charge < -0.3 is 15.2 Å². The number of aryl methyl sites for hydroxylation is 2. The van der Waals surface area contributed by atoms with Crippen LogP contribution in [0.5, 0.6) is 0 Å². The summed E-state index contributed by atoms with van der Waals surface area (Å²) >= 11 is 0. The second-order valence-electron chi connectivity index (χ2n) is 5.30. The topological polar surface area (TPSA) is 46.1 Å². The number of carbonyl (C=O) groups excluding carboxylic acids is 1. The summed E-state index contributed by atoms with van der Waals surface area (Å²) in [5.74, 6) is 0.104. The molecule has 19 heavy (non-hydrogen) atoms. The van der Waals surface area contributed by atoms with Gasteiger partial charge in [0.15, 0.2) is 0 Å². The first kappa shape index (κ1) is 14.1. The number of hydrogen-bond acceptors (Lipinski definition) is 2. The Hall–Kier alpha value is -1.29. The van der Waals surface area contributed by atoms with Gasteiger partial charge in [0.1, 0.15) is 0 Å². The van der Waals surface area contributed by atoms with Crippen molar-refractivity contribution in [2.24, 2.45) is 0 Å². The van der Waals surface area contributed by atoms with E-state index in [1.54, 1.807) is 7.05 Å². The Kier molecular flexibility index (Phi) is 5.02. The molecule has 1 aliphatic rings. The van der Waals surface area contributed by atoms with Crippen LogP contribution in [0.15, 0.2) is 12.4 Å². The predicted molar refractivity (Wildman–Crippen MR) is 77.1 cm³/mol. The van der Waals surface area contributed by atoms with Crippen LogP contribution in [0.4, 0.5) is 0 Å². The van der Waals surface area contributed by atoms with E-state index in [1.165, 1.54) is 36.8 Å². The Morgan fingerprint density at radius 1 is 1.47 bits per heavy atom. The Bertz CT molecular complexity index is 425. The number of hydrogen-bond donors (Lipinski definition) is 2. The summed E-state index contributed by atoms with van der Waals surface area (Å²) < 4.78 is 2.17. The van der Waals surface area contributed by atoms with Crippen molar-refractivity contribution in [2.45, 2.75) is 51.6 Å². The summed E-state index contributed by atoms with van der Waals surface area (Å²) in [6.45, 7) is 4.05. The maximum atomic E-state index is 11.3. The van der Waals surface area contributed by atoms with Gasteiger partial charge in [-0.15, -0.1) is 0 Å². The van der Waals surface area contributed by atoms with Gasteiger partial charge >= 0.3 is 0 Å². The van der Waals surface area contributed by atoms with Gasteiger partial charge in [0.25, 0.3) is 0 Å². The fraction of sp³-hybridized carbons (Fsp3) is 0.667. The maximum absolute atomic E-state index is 11.3. The van der Waals surface area contributed by atoms with Gasteiger partial charge in [-0.05, 0) is 43.4 Å². The van der Waals surface area contributed by atoms with Crippen molar-refractivity contribution in [3.05, 3.63) is 23.5 Å². The molecule has 0 spiro atoms. The molecule has 4 heteroatoms. The highest BCUT2D eigenvalue weighted by molar-refractivity contribution is 5.75. The summed E-state index contributed by atoms with van der Waals surface area (Å²) in [4.78, 5) is 11.3. The molecule has 1 aliphatic carbocycles. The SMILES string of the molecule is CCCNC1CCCc2cn(CCC(=O)NC)cc21. The Balaban J connectivity index is 2.01. The summed E-state index contributed by atoms with van der Waals surface area (Å²) in [5.41, 5.74) is 2.90. The molecule has 0 bridgehead atoms. The average molecular weight is 263 g/mol. The second kappa shape index (κ2) is 6.75. The van der Waals surface area contributed by atoms with Crippen molar-refractivity contribution in [3.8, 4) is 0 Å². The van der Waals surface area contributed by atoms with E-state index >= 15 is 0 Å². The van der Waals surface area contributed by atoms with Crippen LogP contribution in [0.3, 0.4) is 0 Å². The van der Waals surface area contributed by atoms with Crippen LogP contribution >= 0.6 is 0 Å². The van der Waals surface area contributed by atoms with Crippen molar-refractivity contribution in [1.29, 1.82) is 0 Å². The van der Waals surface area contributed by atoms with E-state index in [2.05, 4.69) is 34.5 Å². The van der Waals surface area contributed by atoms with Gasteiger partial charge in [0.2, 0.25) is 5.91 Å². The zero-order chi connectivity index (χ0) is 13.7. The first-order valence-corrected chi connectivity index (χ1v) is 7.37. The fourth-order valence-corrected chi connectivity index (χ4v) is 2.76. The van der Waals surface area contributed by atoms with Crippen LogP contribution in [0, 0.1) is 0 Å². The summed E-state index contributed by atoms with van der Waals surface area (Å²) in [6, 6.07) is 0.505. The zero-order valence-electron chi connectivity index (χ0n) is 12.0. The second-order valence-corrected chi connectivity index (χ2v) is 5.30. The van der Waals surface area contributed by atoms with Crippen LogP contribution in [0.25, 0.3) is 0 Å². The van der Waals surface area contributed by atoms with E-state index in [-0.39, 0.29) is 5.91 Å². The molecule has 4 nitrogen and oxygen atoms in total. The van der Waals surface area contributed by atoms with Gasteiger partial charge in [-0.3, -0.25) is 4.79 Å². The number of fused-ring (bicyclic) bond motifs is 1. The van der Waals surface area contributed by atoms with Crippen LogP contribution < -0.4 is 10.6 Å². The Labute approximate surface area is 115 Å². The molecular weight excluding hydrogens is 238 g/mol. The van der Waals surface area contributed by atoms with Gasteiger partial charge in [-0.2, -0.15) is 0 Å². The van der Waals surface area contributed by atoms with E-state index < -0.39 is 0 Å². The highest BCUT2D eigenvalue weighted by atomic mass is 16.1. The van der Waals surface area contributed by atoms with Crippen LogP contribution in [0.2, 0.25) is 0 Å². The molecule has 1 heterocycles. The third-order valence-corrected chi connectivity index (χ3v) is 3.83. The molecule has 0 saturated heterocycles. The standard InChI is InChI=1S/C15H25N3O/c1-3-8-17-14-6-4-5-12-10-18(11-13(12)14)9-7-15(19)16-2/h10-11,14,17H,3-9H2,1-2H3,(H,16,19). The largest absolute Gasteiger partial charge is 0.359 e. The molecular formula is C15H25N3O. The quantitative estimate of drug-likeness (QED) is 0.824. The minimum Gasteiger partial charge on any atom is -0.359 e. The number of aromatic nitrogens is 1. The molecule has 0 radical (unpaired) electrons. The average Bonchev–Trinajstić information content (AvgIpc) is 2.85. The fourth-order valence-electron chi connectivity index (χ4n) is 2.76. The lowest BCUT2D eigenvalue weighted by Crippen LogP contribution is -2.25. The third kappa shape index (κ3) is 3.60. The highest BCUT2D eigenvalue weighted by Gasteiger charge is 2.21. The molecule has 2 rings (SSSR count). The van der Waals surface area contributed by atoms with Gasteiger partial charge in [-0.25, -0.2) is 0 Å². The van der Waals surface area contributed by atoms with E-state index in [0.717, 1.165) is 13.1 Å². The van der Waals surface area contributed by atoms with Crippen molar-refractivity contribution >= 4 is 5.91 Å². The molecule has 1 amide bonds. The molecule has 0 fully saturated rings. The third-order valence-electron chi connectivity index (χ3n) is 3.83. The Morgan fingerprint density at radius 2 is 2.32 bits per heavy atom. The predicted octanol–water partition coefficient (Wildman–Crippen LogP) is 2.00. The van der Waals surface area contributed by atoms with Crippen molar-refractivity contribution in [1.82, 2.24) is 15.2 Å². The van der Waals surface area contributed by atoms with Gasteiger partial charge in [0.05, 0.1) is 0 Å². The first-order chi connectivity index (χ1) is 9.24. The normalized spacial score (nSPS) is 18.1. The maximum Gasteiger partial charge on any atom is 0.221 e. The van der Waals surface area contributed by atoms with Crippen molar-refractivity contribution in [3.63, 3.8) is 0 Å². The van der Waals surface area contributed by atoms with Crippen LogP contribution in [0.1, 0.15) is 49.8 Å². The molecule has 0 aromatic carbocycles. The number of nitrogens with zero attached hydrogens (tertiary/aromatic N) is 1. The molecule has 0 saturated carbocycles. The van der Waals surface area contributed by atoms with Crippen LogP contribution in [-0.4, -0.2) is 24.1 Å². The minimum atomic E-state index is 0.104. The molecule has 0 aliphatic heterocycles. The molecule has 1 aromatic rings. The zero-order valence-corrected chi connectivity index (χ0v) is 12.0. The molecule has 1 unspecified atom stereocenters. The summed E-state index contributed by atoms with van der Waals surface area (Å²) in [6.07, 6.45) is 9.83. The highest BCUT2D eigenvalue weighted by Crippen LogP contribution is 2.30. The van der Waals surface area contributed by atoms with E-state index in [0.29, 0.717) is 12.5 Å². The van der Waals surface area contributed by atoms with Crippen molar-refractivity contribution < 1.29 is 4.79 Å².